The van der Waals surface area contributed by atoms with Gasteiger partial charge in [0, 0.05) is 17.8 Å². The molecule has 1 aromatic rings. The molecular weight excluding hydrogens is 318 g/mol. The molecule has 132 valence electrons. The fraction of sp³-hybridized carbons (Fsp3) is 0.421. The number of carbonyl (C=O) groups excluding carboxylic acids is 3. The third kappa shape index (κ3) is 3.04. The standard InChI is InChI=1S/C19H23N3O3/c1-5-22-15-7-6-12(8-13(15)11(2)10-19(22,3)4)9-14-16(23)20-18(25)21-17(14)24/h6-9,11H,5,10H2,1-4H3,(H2,20,21,23,24,25). The summed E-state index contributed by atoms with van der Waals surface area (Å²) in [6.07, 6.45) is 2.56. The average molecular weight is 341 g/mol. The first-order valence-electron chi connectivity index (χ1n) is 8.53. The lowest BCUT2D eigenvalue weighted by atomic mass is 9.79. The van der Waals surface area contributed by atoms with Crippen molar-refractivity contribution in [1.29, 1.82) is 0 Å². The van der Waals surface area contributed by atoms with Crippen molar-refractivity contribution in [2.45, 2.75) is 45.6 Å². The number of fused-ring (bicyclic) bond motifs is 1. The highest BCUT2D eigenvalue weighted by molar-refractivity contribution is 6.31. The zero-order chi connectivity index (χ0) is 18.4. The molecule has 3 rings (SSSR count). The zero-order valence-electron chi connectivity index (χ0n) is 15.0. The second kappa shape index (κ2) is 6.02. The largest absolute Gasteiger partial charge is 0.366 e. The molecule has 0 aliphatic carbocycles. The van der Waals surface area contributed by atoms with Crippen molar-refractivity contribution in [2.24, 2.45) is 0 Å². The molecule has 2 N–H and O–H groups in total. The van der Waals surface area contributed by atoms with Crippen molar-refractivity contribution < 1.29 is 14.4 Å². The highest BCUT2D eigenvalue weighted by Gasteiger charge is 2.35. The summed E-state index contributed by atoms with van der Waals surface area (Å²) in [6.45, 7) is 9.76. The first-order chi connectivity index (χ1) is 11.7. The number of imide groups is 2. The molecule has 0 radical (unpaired) electrons. The van der Waals surface area contributed by atoms with Crippen LogP contribution in [0.3, 0.4) is 0 Å². The number of barbiturate groups is 1. The van der Waals surface area contributed by atoms with Crippen molar-refractivity contribution in [3.63, 3.8) is 0 Å². The van der Waals surface area contributed by atoms with Crippen molar-refractivity contribution in [2.75, 3.05) is 11.4 Å². The minimum atomic E-state index is -0.785. The van der Waals surface area contributed by atoms with E-state index in [-0.39, 0.29) is 11.1 Å². The van der Waals surface area contributed by atoms with Crippen LogP contribution in [0.5, 0.6) is 0 Å². The Balaban J connectivity index is 2.01. The van der Waals surface area contributed by atoms with Crippen LogP contribution in [0.25, 0.3) is 6.08 Å². The van der Waals surface area contributed by atoms with Gasteiger partial charge in [-0.25, -0.2) is 4.79 Å². The van der Waals surface area contributed by atoms with Crippen LogP contribution in [0.2, 0.25) is 0 Å². The molecule has 1 unspecified atom stereocenters. The summed E-state index contributed by atoms with van der Waals surface area (Å²) in [5, 5.41) is 4.18. The summed E-state index contributed by atoms with van der Waals surface area (Å²) >= 11 is 0. The molecule has 25 heavy (non-hydrogen) atoms. The number of hydrogen-bond acceptors (Lipinski definition) is 4. The Labute approximate surface area is 147 Å². The van der Waals surface area contributed by atoms with Crippen LogP contribution >= 0.6 is 0 Å². The number of urea groups is 1. The monoisotopic (exact) mass is 341 g/mol. The van der Waals surface area contributed by atoms with Gasteiger partial charge in [0.05, 0.1) is 0 Å². The number of anilines is 1. The van der Waals surface area contributed by atoms with E-state index < -0.39 is 17.8 Å². The fourth-order valence-corrected chi connectivity index (χ4v) is 3.97. The van der Waals surface area contributed by atoms with Crippen LogP contribution < -0.4 is 15.5 Å². The van der Waals surface area contributed by atoms with Crippen molar-refractivity contribution >= 4 is 29.6 Å². The highest BCUT2D eigenvalue weighted by Crippen LogP contribution is 2.43. The molecule has 6 heteroatoms. The Bertz CT molecular complexity index is 773. The molecule has 1 saturated heterocycles. The summed E-state index contributed by atoms with van der Waals surface area (Å²) in [5.74, 6) is -0.964. The molecule has 6 nitrogen and oxygen atoms in total. The molecule has 1 atom stereocenters. The summed E-state index contributed by atoms with van der Waals surface area (Å²) in [7, 11) is 0. The highest BCUT2D eigenvalue weighted by atomic mass is 16.2. The van der Waals surface area contributed by atoms with Crippen LogP contribution in [0.1, 0.15) is 51.2 Å². The lowest BCUT2D eigenvalue weighted by Gasteiger charge is -2.47. The molecule has 0 saturated carbocycles. The maximum absolute atomic E-state index is 11.9. The van der Waals surface area contributed by atoms with Crippen molar-refractivity contribution in [3.8, 4) is 0 Å². The second-order valence-corrected chi connectivity index (χ2v) is 7.28. The molecule has 2 aliphatic heterocycles. The number of hydrogen-bond donors (Lipinski definition) is 2. The minimum absolute atomic E-state index is 0.0595. The molecule has 2 heterocycles. The Hall–Kier alpha value is -2.63. The molecule has 4 amide bonds. The summed E-state index contributed by atoms with van der Waals surface area (Å²) in [5.41, 5.74) is 3.21. The van der Waals surface area contributed by atoms with E-state index in [9.17, 15) is 14.4 Å². The quantitative estimate of drug-likeness (QED) is 0.640. The van der Waals surface area contributed by atoms with Gasteiger partial charge in [0.2, 0.25) is 0 Å². The van der Waals surface area contributed by atoms with Crippen molar-refractivity contribution in [3.05, 3.63) is 34.9 Å². The van der Waals surface area contributed by atoms with Gasteiger partial charge in [0.15, 0.2) is 0 Å². The molecule has 1 aromatic carbocycles. The Morgan fingerprint density at radius 1 is 1.20 bits per heavy atom. The SMILES string of the molecule is CCN1c2ccc(C=C3C(=O)NC(=O)NC3=O)cc2C(C)CC1(C)C. The smallest absolute Gasteiger partial charge is 0.328 e. The summed E-state index contributed by atoms with van der Waals surface area (Å²) in [6, 6.07) is 5.19. The summed E-state index contributed by atoms with van der Waals surface area (Å²) in [4.78, 5) is 37.3. The number of carbonyl (C=O) groups is 3. The van der Waals surface area contributed by atoms with E-state index >= 15 is 0 Å². The van der Waals surface area contributed by atoms with E-state index in [0.29, 0.717) is 5.92 Å². The van der Waals surface area contributed by atoms with E-state index in [1.165, 1.54) is 17.3 Å². The van der Waals surface area contributed by atoms with Gasteiger partial charge in [-0.05, 0) is 62.4 Å². The lowest BCUT2D eigenvalue weighted by molar-refractivity contribution is -0.123. The van der Waals surface area contributed by atoms with Gasteiger partial charge in [0.1, 0.15) is 5.57 Å². The molecule has 2 aliphatic rings. The third-order valence-corrected chi connectivity index (χ3v) is 4.98. The van der Waals surface area contributed by atoms with E-state index in [0.717, 1.165) is 18.5 Å². The van der Waals surface area contributed by atoms with Crippen molar-refractivity contribution in [1.82, 2.24) is 10.6 Å². The number of benzene rings is 1. The van der Waals surface area contributed by atoms with Crippen LogP contribution in [-0.2, 0) is 9.59 Å². The Morgan fingerprint density at radius 3 is 2.44 bits per heavy atom. The van der Waals surface area contributed by atoms with Gasteiger partial charge >= 0.3 is 6.03 Å². The first kappa shape index (κ1) is 17.2. The van der Waals surface area contributed by atoms with Gasteiger partial charge in [-0.3, -0.25) is 20.2 Å². The molecule has 1 fully saturated rings. The zero-order valence-corrected chi connectivity index (χ0v) is 15.0. The van der Waals surface area contributed by atoms with E-state index in [1.54, 1.807) is 0 Å². The Morgan fingerprint density at radius 2 is 1.84 bits per heavy atom. The predicted molar refractivity (Wildman–Crippen MR) is 96.2 cm³/mol. The normalized spacial score (nSPS) is 22.2. The number of nitrogens with zero attached hydrogens (tertiary/aromatic N) is 1. The number of rotatable bonds is 2. The number of nitrogens with one attached hydrogen (secondary N) is 2. The maximum atomic E-state index is 11.9. The van der Waals surface area contributed by atoms with E-state index in [4.69, 9.17) is 0 Å². The maximum Gasteiger partial charge on any atom is 0.328 e. The van der Waals surface area contributed by atoms with Crippen LogP contribution in [0.4, 0.5) is 10.5 Å². The van der Waals surface area contributed by atoms with E-state index in [2.05, 4.69) is 43.2 Å². The first-order valence-corrected chi connectivity index (χ1v) is 8.53. The molecule has 0 bridgehead atoms. The molecular formula is C19H23N3O3. The van der Waals surface area contributed by atoms with Crippen LogP contribution in [0, 0.1) is 0 Å². The van der Waals surface area contributed by atoms with Gasteiger partial charge < -0.3 is 4.90 Å². The number of amides is 4. The average Bonchev–Trinajstić information content (AvgIpc) is 2.50. The van der Waals surface area contributed by atoms with Crippen LogP contribution in [0.15, 0.2) is 23.8 Å². The fourth-order valence-electron chi connectivity index (χ4n) is 3.97. The van der Waals surface area contributed by atoms with E-state index in [1.807, 2.05) is 18.2 Å². The Kier molecular flexibility index (Phi) is 4.14. The molecule has 0 aromatic heterocycles. The van der Waals surface area contributed by atoms with Gasteiger partial charge in [-0.15, -0.1) is 0 Å². The third-order valence-electron chi connectivity index (χ3n) is 4.98. The summed E-state index contributed by atoms with van der Waals surface area (Å²) < 4.78 is 0. The van der Waals surface area contributed by atoms with Gasteiger partial charge in [0.25, 0.3) is 11.8 Å². The molecule has 0 spiro atoms. The second-order valence-electron chi connectivity index (χ2n) is 7.28. The topological polar surface area (TPSA) is 78.5 Å². The van der Waals surface area contributed by atoms with Crippen LogP contribution in [-0.4, -0.2) is 29.9 Å². The van der Waals surface area contributed by atoms with Gasteiger partial charge in [-0.1, -0.05) is 13.0 Å². The van der Waals surface area contributed by atoms with Gasteiger partial charge in [-0.2, -0.15) is 0 Å². The minimum Gasteiger partial charge on any atom is -0.366 e. The lowest BCUT2D eigenvalue weighted by Crippen LogP contribution is -2.51. The predicted octanol–water partition coefficient (Wildman–Crippen LogP) is 2.55.